The number of nitrogens with zero attached hydrogens (tertiary/aromatic N) is 3. The largest absolute Gasteiger partial charge is 0.341 e. The molecule has 1 amide bonds. The average Bonchev–Trinajstić information content (AvgIpc) is 3.01. The molecule has 0 aliphatic carbocycles. The third-order valence-electron chi connectivity index (χ3n) is 4.80. The Hall–Kier alpha value is -1.17. The first-order chi connectivity index (χ1) is 13.0. The Bertz CT molecular complexity index is 896. The second-order valence-corrected chi connectivity index (χ2v) is 12.2. The molecule has 8 nitrogen and oxygen atoms in total. The lowest BCUT2D eigenvalue weighted by molar-refractivity contribution is -0.130. The molecule has 158 valence electrons. The zero-order valence-electron chi connectivity index (χ0n) is 16.5. The van der Waals surface area contributed by atoms with Crippen molar-refractivity contribution in [1.82, 2.24) is 14.2 Å². The fraction of sp³-hybridized carbons (Fsp3) is 0.647. The van der Waals surface area contributed by atoms with Crippen LogP contribution >= 0.6 is 11.8 Å². The van der Waals surface area contributed by atoms with Crippen LogP contribution in [0.5, 0.6) is 0 Å². The zero-order chi connectivity index (χ0) is 21.1. The van der Waals surface area contributed by atoms with Crippen molar-refractivity contribution in [2.45, 2.75) is 48.4 Å². The van der Waals surface area contributed by atoms with Gasteiger partial charge in [0.25, 0.3) is 0 Å². The van der Waals surface area contributed by atoms with Crippen molar-refractivity contribution in [1.29, 1.82) is 0 Å². The predicted molar refractivity (Wildman–Crippen MR) is 109 cm³/mol. The van der Waals surface area contributed by atoms with E-state index in [-0.39, 0.29) is 28.4 Å². The van der Waals surface area contributed by atoms with Crippen LogP contribution in [-0.2, 0) is 24.7 Å². The fourth-order valence-corrected chi connectivity index (χ4v) is 7.15. The van der Waals surface area contributed by atoms with Crippen LogP contribution in [0.3, 0.4) is 0 Å². The van der Waals surface area contributed by atoms with Gasteiger partial charge < -0.3 is 4.90 Å². The monoisotopic (exact) mass is 449 g/mol. The van der Waals surface area contributed by atoms with Crippen LogP contribution in [0.1, 0.15) is 27.2 Å². The van der Waals surface area contributed by atoms with Gasteiger partial charge in [-0.1, -0.05) is 25.6 Å². The van der Waals surface area contributed by atoms with E-state index in [1.54, 1.807) is 33.9 Å². The zero-order valence-corrected chi connectivity index (χ0v) is 19.0. The number of amides is 1. The number of thioether (sulfide) groups is 1. The summed E-state index contributed by atoms with van der Waals surface area (Å²) in [4.78, 5) is 18.4. The van der Waals surface area contributed by atoms with Crippen molar-refractivity contribution in [3.63, 3.8) is 0 Å². The predicted octanol–water partition coefficient (Wildman–Crippen LogP) is 1.24. The first-order valence-corrected chi connectivity index (χ1v) is 13.3. The average molecular weight is 450 g/mol. The van der Waals surface area contributed by atoms with Gasteiger partial charge in [0, 0.05) is 32.4 Å². The highest BCUT2D eigenvalue weighted by Crippen LogP contribution is 2.26. The van der Waals surface area contributed by atoms with E-state index in [9.17, 15) is 21.6 Å². The number of sulfonamides is 1. The lowest BCUT2D eigenvalue weighted by Crippen LogP contribution is -2.41. The molecule has 0 saturated carbocycles. The van der Waals surface area contributed by atoms with Crippen molar-refractivity contribution in [2.75, 3.05) is 31.6 Å². The third-order valence-corrected chi connectivity index (χ3v) is 9.62. The van der Waals surface area contributed by atoms with E-state index < -0.39 is 25.1 Å². The molecule has 0 spiro atoms. The first-order valence-electron chi connectivity index (χ1n) is 9.11. The summed E-state index contributed by atoms with van der Waals surface area (Å²) < 4.78 is 49.6. The quantitative estimate of drug-likeness (QED) is 0.550. The molecule has 2 heterocycles. The maximum absolute atomic E-state index is 12.6. The molecule has 28 heavy (non-hydrogen) atoms. The summed E-state index contributed by atoms with van der Waals surface area (Å²) in [6, 6.07) is 2.79. The van der Waals surface area contributed by atoms with Crippen molar-refractivity contribution in [2.24, 2.45) is 0 Å². The van der Waals surface area contributed by atoms with E-state index in [1.807, 2.05) is 0 Å². The fourth-order valence-electron chi connectivity index (χ4n) is 3.08. The molecule has 0 radical (unpaired) electrons. The summed E-state index contributed by atoms with van der Waals surface area (Å²) in [5.74, 6) is -0.0578. The van der Waals surface area contributed by atoms with Crippen LogP contribution in [0.15, 0.2) is 28.3 Å². The highest BCUT2D eigenvalue weighted by Gasteiger charge is 2.34. The Balaban J connectivity index is 2.04. The SMILES string of the molecule is CCN(CC)S(=O)(=O)c1ccc(SC(C)C(=O)N(C)C2CCS(=O)(=O)C2)nc1. The van der Waals surface area contributed by atoms with Gasteiger partial charge in [0.05, 0.1) is 21.8 Å². The summed E-state index contributed by atoms with van der Waals surface area (Å²) in [6.07, 6.45) is 1.76. The van der Waals surface area contributed by atoms with Crippen LogP contribution < -0.4 is 0 Å². The smallest absolute Gasteiger partial charge is 0.244 e. The molecular formula is C17H27N3O5S3. The number of pyridine rings is 1. The molecule has 2 unspecified atom stereocenters. The molecule has 2 atom stereocenters. The highest BCUT2D eigenvalue weighted by molar-refractivity contribution is 8.00. The molecule has 11 heteroatoms. The van der Waals surface area contributed by atoms with Gasteiger partial charge in [-0.25, -0.2) is 21.8 Å². The molecule has 2 rings (SSSR count). The Kier molecular flexibility index (Phi) is 7.51. The number of hydrogen-bond acceptors (Lipinski definition) is 7. The molecule has 1 aromatic heterocycles. The van der Waals surface area contributed by atoms with Gasteiger partial charge in [-0.2, -0.15) is 4.31 Å². The normalized spacial score (nSPS) is 20.2. The van der Waals surface area contributed by atoms with E-state index in [2.05, 4.69) is 4.98 Å². The van der Waals surface area contributed by atoms with Gasteiger partial charge in [-0.15, -0.1) is 0 Å². The summed E-state index contributed by atoms with van der Waals surface area (Å²) in [7, 11) is -5.01. The standard InChI is InChI=1S/C17H27N3O5S3/c1-5-20(6-2)28(24,25)15-7-8-16(18-11-15)26-13(3)17(21)19(4)14-9-10-27(22,23)12-14/h7-8,11,13-14H,5-6,9-10,12H2,1-4H3. The van der Waals surface area contributed by atoms with Gasteiger partial charge in [-0.3, -0.25) is 4.79 Å². The number of carbonyl (C=O) groups is 1. The first kappa shape index (κ1) is 23.1. The minimum absolute atomic E-state index is 0.00277. The summed E-state index contributed by atoms with van der Waals surface area (Å²) >= 11 is 1.22. The summed E-state index contributed by atoms with van der Waals surface area (Å²) in [5, 5.41) is 0.0674. The third kappa shape index (κ3) is 5.25. The van der Waals surface area contributed by atoms with Crippen LogP contribution in [0, 0.1) is 0 Å². The minimum Gasteiger partial charge on any atom is -0.341 e. The van der Waals surface area contributed by atoms with E-state index in [4.69, 9.17) is 0 Å². The topological polar surface area (TPSA) is 105 Å². The van der Waals surface area contributed by atoms with Gasteiger partial charge >= 0.3 is 0 Å². The Morgan fingerprint density at radius 1 is 1.32 bits per heavy atom. The molecule has 0 N–H and O–H groups in total. The van der Waals surface area contributed by atoms with Crippen molar-refractivity contribution < 1.29 is 21.6 Å². The van der Waals surface area contributed by atoms with Gasteiger partial charge in [0.15, 0.2) is 9.84 Å². The lowest BCUT2D eigenvalue weighted by atomic mass is 10.2. The van der Waals surface area contributed by atoms with E-state index in [1.165, 1.54) is 33.2 Å². The Morgan fingerprint density at radius 3 is 2.43 bits per heavy atom. The Morgan fingerprint density at radius 2 is 1.96 bits per heavy atom. The van der Waals surface area contributed by atoms with Gasteiger partial charge in [0.1, 0.15) is 4.90 Å². The van der Waals surface area contributed by atoms with E-state index in [0.717, 1.165) is 0 Å². The molecule has 1 aliphatic rings. The van der Waals surface area contributed by atoms with E-state index in [0.29, 0.717) is 24.5 Å². The van der Waals surface area contributed by atoms with Crippen LogP contribution in [0.2, 0.25) is 0 Å². The molecule has 1 fully saturated rings. The van der Waals surface area contributed by atoms with Crippen molar-refractivity contribution in [3.05, 3.63) is 18.3 Å². The van der Waals surface area contributed by atoms with E-state index >= 15 is 0 Å². The van der Waals surface area contributed by atoms with Crippen molar-refractivity contribution >= 4 is 37.5 Å². The van der Waals surface area contributed by atoms with Crippen LogP contribution in [0.4, 0.5) is 0 Å². The molecule has 1 saturated heterocycles. The second-order valence-electron chi connectivity index (χ2n) is 6.69. The number of rotatable bonds is 8. The Labute approximate surface area is 171 Å². The summed E-state index contributed by atoms with van der Waals surface area (Å²) in [6.45, 7) is 6.04. The number of carbonyl (C=O) groups excluding carboxylic acids is 1. The van der Waals surface area contributed by atoms with Crippen LogP contribution in [0.25, 0.3) is 0 Å². The van der Waals surface area contributed by atoms with Gasteiger partial charge in [0.2, 0.25) is 15.9 Å². The molecular weight excluding hydrogens is 422 g/mol. The second kappa shape index (κ2) is 9.10. The number of hydrogen-bond donors (Lipinski definition) is 0. The highest BCUT2D eigenvalue weighted by atomic mass is 32.2. The number of sulfone groups is 1. The maximum atomic E-state index is 12.6. The molecule has 1 aliphatic heterocycles. The molecule has 1 aromatic rings. The van der Waals surface area contributed by atoms with Crippen molar-refractivity contribution in [3.8, 4) is 0 Å². The molecule has 0 aromatic carbocycles. The minimum atomic E-state index is -3.57. The molecule has 0 bridgehead atoms. The maximum Gasteiger partial charge on any atom is 0.244 e. The number of aromatic nitrogens is 1. The van der Waals surface area contributed by atoms with Gasteiger partial charge in [-0.05, 0) is 25.5 Å². The lowest BCUT2D eigenvalue weighted by Gasteiger charge is -2.26. The summed E-state index contributed by atoms with van der Waals surface area (Å²) in [5.41, 5.74) is 0. The van der Waals surface area contributed by atoms with Crippen LogP contribution in [-0.4, -0.2) is 79.9 Å².